The SMILES string of the molecule is COc1ccc(CCNC(=O)NCc2ccc(F)cc2)cc1OC. The lowest BCUT2D eigenvalue weighted by atomic mass is 10.1. The minimum Gasteiger partial charge on any atom is -0.493 e. The van der Waals surface area contributed by atoms with E-state index < -0.39 is 0 Å². The second-order valence-electron chi connectivity index (χ2n) is 5.18. The molecule has 0 aromatic heterocycles. The predicted octanol–water partition coefficient (Wildman–Crippen LogP) is 2.88. The van der Waals surface area contributed by atoms with Crippen molar-refractivity contribution in [1.82, 2.24) is 10.6 Å². The van der Waals surface area contributed by atoms with Crippen LogP contribution in [-0.2, 0) is 13.0 Å². The average Bonchev–Trinajstić information content (AvgIpc) is 2.61. The summed E-state index contributed by atoms with van der Waals surface area (Å²) >= 11 is 0. The van der Waals surface area contributed by atoms with E-state index in [4.69, 9.17) is 9.47 Å². The van der Waals surface area contributed by atoms with Crippen molar-refractivity contribution in [2.45, 2.75) is 13.0 Å². The molecule has 0 fully saturated rings. The molecule has 24 heavy (non-hydrogen) atoms. The van der Waals surface area contributed by atoms with Gasteiger partial charge in [-0.1, -0.05) is 18.2 Å². The Labute approximate surface area is 140 Å². The van der Waals surface area contributed by atoms with Gasteiger partial charge in [0, 0.05) is 13.1 Å². The highest BCUT2D eigenvalue weighted by atomic mass is 19.1. The number of ether oxygens (including phenoxy) is 2. The van der Waals surface area contributed by atoms with Crippen molar-refractivity contribution in [3.05, 3.63) is 59.4 Å². The molecule has 0 spiro atoms. The number of methoxy groups -OCH3 is 2. The number of nitrogens with one attached hydrogen (secondary N) is 2. The fourth-order valence-electron chi connectivity index (χ4n) is 2.20. The Morgan fingerprint density at radius 2 is 1.62 bits per heavy atom. The minimum atomic E-state index is -0.293. The molecule has 0 saturated carbocycles. The Kier molecular flexibility index (Phi) is 6.42. The molecule has 0 heterocycles. The molecular weight excluding hydrogens is 311 g/mol. The monoisotopic (exact) mass is 332 g/mol. The Bertz CT molecular complexity index is 674. The van der Waals surface area contributed by atoms with Gasteiger partial charge in [-0.05, 0) is 41.8 Å². The van der Waals surface area contributed by atoms with Crippen LogP contribution in [0, 0.1) is 5.82 Å². The first-order chi connectivity index (χ1) is 11.6. The van der Waals surface area contributed by atoms with Crippen LogP contribution in [-0.4, -0.2) is 26.8 Å². The zero-order chi connectivity index (χ0) is 17.4. The van der Waals surface area contributed by atoms with E-state index in [0.29, 0.717) is 31.0 Å². The molecule has 6 heteroatoms. The highest BCUT2D eigenvalue weighted by Crippen LogP contribution is 2.27. The second-order valence-corrected chi connectivity index (χ2v) is 5.18. The normalized spacial score (nSPS) is 10.1. The van der Waals surface area contributed by atoms with Crippen molar-refractivity contribution in [1.29, 1.82) is 0 Å². The van der Waals surface area contributed by atoms with E-state index in [1.807, 2.05) is 18.2 Å². The zero-order valence-corrected chi connectivity index (χ0v) is 13.8. The summed E-state index contributed by atoms with van der Waals surface area (Å²) in [5.41, 5.74) is 1.87. The van der Waals surface area contributed by atoms with Gasteiger partial charge in [0.15, 0.2) is 11.5 Å². The first-order valence-corrected chi connectivity index (χ1v) is 7.59. The summed E-state index contributed by atoms with van der Waals surface area (Å²) in [5, 5.41) is 5.51. The number of hydrogen-bond acceptors (Lipinski definition) is 3. The van der Waals surface area contributed by atoms with Crippen LogP contribution in [0.2, 0.25) is 0 Å². The molecule has 0 aliphatic rings. The number of rotatable bonds is 7. The summed E-state index contributed by atoms with van der Waals surface area (Å²) in [6.45, 7) is 0.840. The number of carbonyl (C=O) groups excluding carboxylic acids is 1. The standard InChI is InChI=1S/C18H21FN2O3/c1-23-16-8-5-13(11-17(16)24-2)9-10-20-18(22)21-12-14-3-6-15(19)7-4-14/h3-8,11H,9-10,12H2,1-2H3,(H2,20,21,22). The topological polar surface area (TPSA) is 59.6 Å². The van der Waals surface area contributed by atoms with Gasteiger partial charge in [-0.2, -0.15) is 0 Å². The molecule has 2 N–H and O–H groups in total. The van der Waals surface area contributed by atoms with Crippen molar-refractivity contribution < 1.29 is 18.7 Å². The van der Waals surface area contributed by atoms with Gasteiger partial charge < -0.3 is 20.1 Å². The van der Waals surface area contributed by atoms with Gasteiger partial charge in [0.05, 0.1) is 14.2 Å². The van der Waals surface area contributed by atoms with Crippen LogP contribution in [0.1, 0.15) is 11.1 Å². The maximum atomic E-state index is 12.8. The fourth-order valence-corrected chi connectivity index (χ4v) is 2.20. The highest BCUT2D eigenvalue weighted by Gasteiger charge is 2.05. The Hall–Kier alpha value is -2.76. The minimum absolute atomic E-state index is 0.264. The van der Waals surface area contributed by atoms with Crippen molar-refractivity contribution >= 4 is 6.03 Å². The molecule has 0 aliphatic heterocycles. The Morgan fingerprint density at radius 3 is 2.29 bits per heavy atom. The lowest BCUT2D eigenvalue weighted by molar-refractivity contribution is 0.240. The van der Waals surface area contributed by atoms with Crippen molar-refractivity contribution in [2.24, 2.45) is 0 Å². The van der Waals surface area contributed by atoms with Gasteiger partial charge in [-0.15, -0.1) is 0 Å². The third-order valence-electron chi connectivity index (χ3n) is 3.51. The van der Waals surface area contributed by atoms with Crippen LogP contribution in [0.5, 0.6) is 11.5 Å². The molecule has 0 atom stereocenters. The molecule has 2 aromatic rings. The first-order valence-electron chi connectivity index (χ1n) is 7.59. The number of urea groups is 1. The lowest BCUT2D eigenvalue weighted by Gasteiger charge is -2.10. The number of hydrogen-bond donors (Lipinski definition) is 2. The molecule has 0 unspecified atom stereocenters. The van der Waals surface area contributed by atoms with Gasteiger partial charge in [-0.3, -0.25) is 0 Å². The van der Waals surface area contributed by atoms with E-state index >= 15 is 0 Å². The summed E-state index contributed by atoms with van der Waals surface area (Å²) in [6.07, 6.45) is 0.671. The van der Waals surface area contributed by atoms with Crippen LogP contribution in [0.4, 0.5) is 9.18 Å². The van der Waals surface area contributed by atoms with E-state index in [-0.39, 0.29) is 11.8 Å². The van der Waals surface area contributed by atoms with E-state index in [2.05, 4.69) is 10.6 Å². The van der Waals surface area contributed by atoms with Gasteiger partial charge >= 0.3 is 6.03 Å². The largest absolute Gasteiger partial charge is 0.493 e. The number of benzene rings is 2. The van der Waals surface area contributed by atoms with Crippen LogP contribution in [0.25, 0.3) is 0 Å². The van der Waals surface area contributed by atoms with Gasteiger partial charge in [0.25, 0.3) is 0 Å². The van der Waals surface area contributed by atoms with Gasteiger partial charge in [0.2, 0.25) is 0 Å². The quantitative estimate of drug-likeness (QED) is 0.820. The summed E-state index contributed by atoms with van der Waals surface area (Å²) < 4.78 is 23.2. The molecule has 5 nitrogen and oxygen atoms in total. The molecule has 128 valence electrons. The lowest BCUT2D eigenvalue weighted by Crippen LogP contribution is -2.36. The summed E-state index contributed by atoms with van der Waals surface area (Å²) in [7, 11) is 3.17. The van der Waals surface area contributed by atoms with Crippen molar-refractivity contribution in [2.75, 3.05) is 20.8 Å². The van der Waals surface area contributed by atoms with Crippen LogP contribution < -0.4 is 20.1 Å². The third kappa shape index (κ3) is 5.15. The van der Waals surface area contributed by atoms with Gasteiger partial charge in [-0.25, -0.2) is 9.18 Å². The maximum absolute atomic E-state index is 12.8. The molecule has 0 aliphatic carbocycles. The van der Waals surface area contributed by atoms with Crippen molar-refractivity contribution in [3.63, 3.8) is 0 Å². The number of halogens is 1. The van der Waals surface area contributed by atoms with E-state index in [1.165, 1.54) is 12.1 Å². The van der Waals surface area contributed by atoms with Crippen LogP contribution in [0.3, 0.4) is 0 Å². The number of carbonyl (C=O) groups is 1. The predicted molar refractivity (Wildman–Crippen MR) is 89.9 cm³/mol. The third-order valence-corrected chi connectivity index (χ3v) is 3.51. The smallest absolute Gasteiger partial charge is 0.315 e. The highest BCUT2D eigenvalue weighted by molar-refractivity contribution is 5.73. The fraction of sp³-hybridized carbons (Fsp3) is 0.278. The van der Waals surface area contributed by atoms with Gasteiger partial charge in [0.1, 0.15) is 5.82 Å². The molecule has 0 bridgehead atoms. The summed E-state index contributed by atoms with van der Waals surface area (Å²) in [5.74, 6) is 1.04. The molecule has 2 amide bonds. The Balaban J connectivity index is 1.75. The molecule has 2 rings (SSSR count). The average molecular weight is 332 g/mol. The first kappa shape index (κ1) is 17.6. The van der Waals surface area contributed by atoms with E-state index in [9.17, 15) is 9.18 Å². The molecule has 2 aromatic carbocycles. The summed E-state index contributed by atoms with van der Waals surface area (Å²) in [6, 6.07) is 11.4. The zero-order valence-electron chi connectivity index (χ0n) is 13.8. The Morgan fingerprint density at radius 1 is 0.958 bits per heavy atom. The van der Waals surface area contributed by atoms with Crippen molar-refractivity contribution in [3.8, 4) is 11.5 Å². The van der Waals surface area contributed by atoms with Crippen LogP contribution in [0.15, 0.2) is 42.5 Å². The van der Waals surface area contributed by atoms with Crippen LogP contribution >= 0.6 is 0 Å². The maximum Gasteiger partial charge on any atom is 0.315 e. The second kappa shape index (κ2) is 8.76. The molecule has 0 saturated heterocycles. The van der Waals surface area contributed by atoms with E-state index in [1.54, 1.807) is 26.4 Å². The van der Waals surface area contributed by atoms with E-state index in [0.717, 1.165) is 11.1 Å². The summed E-state index contributed by atoms with van der Waals surface area (Å²) in [4.78, 5) is 11.8. The molecule has 0 radical (unpaired) electrons. The molecular formula is C18H21FN2O3. The number of amides is 2.